The van der Waals surface area contributed by atoms with Crippen molar-refractivity contribution in [2.24, 2.45) is 11.8 Å². The largest absolute Gasteiger partial charge is 0.497 e. The van der Waals surface area contributed by atoms with E-state index in [1.165, 1.54) is 16.7 Å². The van der Waals surface area contributed by atoms with Gasteiger partial charge >= 0.3 is 0 Å². The number of methoxy groups -OCH3 is 1. The Balaban J connectivity index is 1.41. The summed E-state index contributed by atoms with van der Waals surface area (Å²) in [5.41, 5.74) is 1.40. The quantitative estimate of drug-likeness (QED) is 0.495. The number of thioether (sulfide) groups is 1. The molecule has 220 valence electrons. The van der Waals surface area contributed by atoms with Crippen molar-refractivity contribution in [3.05, 3.63) is 72.8 Å². The van der Waals surface area contributed by atoms with Crippen LogP contribution in [0.3, 0.4) is 0 Å². The number of anilines is 2. The van der Waals surface area contributed by atoms with Crippen LogP contribution >= 0.6 is 11.8 Å². The predicted octanol–water partition coefficient (Wildman–Crippen LogP) is 3.28. The molecule has 2 saturated heterocycles. The van der Waals surface area contributed by atoms with Crippen LogP contribution in [0.5, 0.6) is 11.5 Å². The van der Waals surface area contributed by atoms with E-state index in [0.29, 0.717) is 31.1 Å². The molecule has 0 radical (unpaired) electrons. The van der Waals surface area contributed by atoms with Crippen molar-refractivity contribution in [2.75, 3.05) is 49.8 Å². The lowest BCUT2D eigenvalue weighted by atomic mass is 9.74. The average Bonchev–Trinajstić information content (AvgIpc) is 3.24. The standard InChI is InChI=1S/C32H35N3O6S/c1-4-41-24-13-9-21(10-14-24)33-17-5-15-31(2)25(28(33)37)26-29(38)35(19-20-36)27-30(39)34(18-6-16-32(26,27)42-31)22-7-11-23(40-3)12-8-22/h5-16,25-27,36H,4,17-20H2,1-3H3/t25-,26+,27?,31+,32+/m1/s1. The first kappa shape index (κ1) is 28.4. The Hall–Kier alpha value is -3.76. The van der Waals surface area contributed by atoms with Crippen LogP contribution < -0.4 is 19.3 Å². The van der Waals surface area contributed by atoms with E-state index in [-0.39, 0.29) is 30.9 Å². The first-order chi connectivity index (χ1) is 20.3. The molecule has 0 aromatic heterocycles. The molecule has 2 aromatic carbocycles. The number of hydrogen-bond donors (Lipinski definition) is 1. The minimum absolute atomic E-state index is 0.00834. The van der Waals surface area contributed by atoms with Gasteiger partial charge in [0.2, 0.25) is 11.8 Å². The lowest BCUT2D eigenvalue weighted by molar-refractivity contribution is -0.139. The zero-order valence-electron chi connectivity index (χ0n) is 23.9. The molecule has 5 atom stereocenters. The van der Waals surface area contributed by atoms with Crippen LogP contribution in [-0.2, 0) is 14.4 Å². The third kappa shape index (κ3) is 4.31. The highest BCUT2D eigenvalue weighted by Gasteiger charge is 2.74. The fraction of sp³-hybridized carbons (Fsp3) is 0.406. The van der Waals surface area contributed by atoms with Gasteiger partial charge < -0.3 is 29.3 Å². The Kier molecular flexibility index (Phi) is 7.31. The number of likely N-dealkylation sites (tertiary alicyclic amines) is 1. The molecule has 4 aliphatic rings. The van der Waals surface area contributed by atoms with E-state index in [1.54, 1.807) is 29.0 Å². The number of carbonyl (C=O) groups is 3. The average molecular weight is 590 g/mol. The topological polar surface area (TPSA) is 99.6 Å². The molecule has 4 heterocycles. The van der Waals surface area contributed by atoms with E-state index < -0.39 is 27.4 Å². The van der Waals surface area contributed by atoms with Crippen molar-refractivity contribution in [2.45, 2.75) is 29.4 Å². The highest BCUT2D eigenvalue weighted by Crippen LogP contribution is 2.65. The minimum atomic E-state index is -0.980. The molecule has 6 rings (SSSR count). The fourth-order valence-corrected chi connectivity index (χ4v) is 9.14. The smallest absolute Gasteiger partial charge is 0.251 e. The van der Waals surface area contributed by atoms with Crippen molar-refractivity contribution < 1.29 is 29.0 Å². The van der Waals surface area contributed by atoms with Gasteiger partial charge in [-0.3, -0.25) is 14.4 Å². The molecule has 2 aromatic rings. The number of aliphatic hydroxyl groups excluding tert-OH is 1. The van der Waals surface area contributed by atoms with Crippen LogP contribution in [-0.4, -0.2) is 83.2 Å². The van der Waals surface area contributed by atoms with E-state index in [4.69, 9.17) is 9.47 Å². The normalized spacial score (nSPS) is 30.1. The SMILES string of the molecule is CCOc1ccc(N2CC=C[C@]3(C)S[C@]45C=CCN(c6ccc(OC)cc6)C(=O)C4N(CCO)C(=O)[C@@H]5[C@@H]3C2=O)cc1. The molecule has 0 aliphatic carbocycles. The molecule has 4 aliphatic heterocycles. The number of aliphatic hydroxyl groups is 1. The second kappa shape index (κ2) is 10.8. The molecule has 1 unspecified atom stereocenters. The monoisotopic (exact) mass is 589 g/mol. The summed E-state index contributed by atoms with van der Waals surface area (Å²) in [6, 6.07) is 13.7. The van der Waals surface area contributed by atoms with E-state index in [0.717, 1.165) is 11.4 Å². The molecule has 2 fully saturated rings. The van der Waals surface area contributed by atoms with Gasteiger partial charge in [0.05, 0.1) is 36.9 Å². The van der Waals surface area contributed by atoms with E-state index in [1.807, 2.05) is 74.5 Å². The predicted molar refractivity (Wildman–Crippen MR) is 162 cm³/mol. The van der Waals surface area contributed by atoms with Crippen molar-refractivity contribution in [1.29, 1.82) is 0 Å². The van der Waals surface area contributed by atoms with Gasteiger partial charge in [0, 0.05) is 35.8 Å². The molecule has 10 heteroatoms. The number of nitrogens with zero attached hydrogens (tertiary/aromatic N) is 3. The van der Waals surface area contributed by atoms with Crippen molar-refractivity contribution in [3.63, 3.8) is 0 Å². The summed E-state index contributed by atoms with van der Waals surface area (Å²) in [6.45, 7) is 4.87. The van der Waals surface area contributed by atoms with Crippen LogP contribution in [0, 0.1) is 11.8 Å². The molecule has 9 nitrogen and oxygen atoms in total. The highest BCUT2D eigenvalue weighted by molar-refractivity contribution is 8.02. The van der Waals surface area contributed by atoms with E-state index >= 15 is 0 Å². The van der Waals surface area contributed by atoms with Gasteiger partial charge in [-0.25, -0.2) is 0 Å². The van der Waals surface area contributed by atoms with Gasteiger partial charge in [0.1, 0.15) is 17.5 Å². The van der Waals surface area contributed by atoms with Gasteiger partial charge in [-0.05, 0) is 62.4 Å². The lowest BCUT2D eigenvalue weighted by Crippen LogP contribution is -2.54. The van der Waals surface area contributed by atoms with E-state index in [2.05, 4.69) is 0 Å². The van der Waals surface area contributed by atoms with E-state index in [9.17, 15) is 19.5 Å². The number of carbonyl (C=O) groups excluding carboxylic acids is 3. The van der Waals surface area contributed by atoms with Crippen molar-refractivity contribution >= 4 is 40.9 Å². The van der Waals surface area contributed by atoms with Crippen molar-refractivity contribution in [1.82, 2.24) is 4.90 Å². The van der Waals surface area contributed by atoms with Crippen LogP contribution in [0.4, 0.5) is 11.4 Å². The first-order valence-corrected chi connectivity index (χ1v) is 15.1. The fourth-order valence-electron chi connectivity index (χ4n) is 6.98. The third-order valence-corrected chi connectivity index (χ3v) is 10.5. The summed E-state index contributed by atoms with van der Waals surface area (Å²) in [4.78, 5) is 48.1. The number of fused-ring (bicyclic) bond motifs is 2. The maximum absolute atomic E-state index is 14.5. The number of benzene rings is 2. The molecular formula is C32H35N3O6S. The first-order valence-electron chi connectivity index (χ1n) is 14.2. The summed E-state index contributed by atoms with van der Waals surface area (Å²) < 4.78 is 9.17. The summed E-state index contributed by atoms with van der Waals surface area (Å²) in [5.74, 6) is -0.765. The van der Waals surface area contributed by atoms with Gasteiger partial charge in [-0.15, -0.1) is 11.8 Å². The number of ether oxygens (including phenoxy) is 2. The minimum Gasteiger partial charge on any atom is -0.497 e. The maximum atomic E-state index is 14.5. The van der Waals surface area contributed by atoms with Crippen LogP contribution in [0.1, 0.15) is 13.8 Å². The Morgan fingerprint density at radius 3 is 2.05 bits per heavy atom. The molecule has 0 saturated carbocycles. The number of amides is 3. The second-order valence-electron chi connectivity index (χ2n) is 11.1. The van der Waals surface area contributed by atoms with Crippen LogP contribution in [0.15, 0.2) is 72.8 Å². The van der Waals surface area contributed by atoms with Gasteiger partial charge in [0.25, 0.3) is 5.91 Å². The lowest BCUT2D eigenvalue weighted by Gasteiger charge is -2.36. The number of hydrogen-bond acceptors (Lipinski definition) is 7. The second-order valence-corrected chi connectivity index (χ2v) is 12.9. The zero-order valence-corrected chi connectivity index (χ0v) is 24.8. The Morgan fingerprint density at radius 2 is 1.45 bits per heavy atom. The Labute approximate surface area is 249 Å². The van der Waals surface area contributed by atoms with Crippen LogP contribution in [0.2, 0.25) is 0 Å². The summed E-state index contributed by atoms with van der Waals surface area (Å²) in [7, 11) is 1.59. The van der Waals surface area contributed by atoms with Crippen LogP contribution in [0.25, 0.3) is 0 Å². The summed E-state index contributed by atoms with van der Waals surface area (Å²) >= 11 is 1.52. The zero-order chi connectivity index (χ0) is 29.6. The van der Waals surface area contributed by atoms with Gasteiger partial charge in [-0.2, -0.15) is 0 Å². The van der Waals surface area contributed by atoms with Gasteiger partial charge in [-0.1, -0.05) is 24.3 Å². The summed E-state index contributed by atoms with van der Waals surface area (Å²) in [6.07, 6.45) is 7.93. The molecule has 42 heavy (non-hydrogen) atoms. The Bertz CT molecular complexity index is 1440. The van der Waals surface area contributed by atoms with Gasteiger partial charge in [0.15, 0.2) is 0 Å². The van der Waals surface area contributed by atoms with Crippen molar-refractivity contribution in [3.8, 4) is 11.5 Å². The number of β-amino-alcohol motifs (C(OH)–C–C–N with tert-alkyl or cyclic N) is 1. The number of rotatable bonds is 7. The molecule has 0 bridgehead atoms. The molecule has 1 N–H and O–H groups in total. The third-order valence-electron chi connectivity index (χ3n) is 8.74. The highest BCUT2D eigenvalue weighted by atomic mass is 32.2. The summed E-state index contributed by atoms with van der Waals surface area (Å²) in [5, 5.41) is 9.97. The molecule has 3 amide bonds. The Morgan fingerprint density at radius 1 is 0.857 bits per heavy atom. The molecule has 1 spiro atoms. The molecular weight excluding hydrogens is 554 g/mol. The maximum Gasteiger partial charge on any atom is 0.251 e.